The number of nitrogens with zero attached hydrogens (tertiary/aromatic N) is 4. The van der Waals surface area contributed by atoms with Crippen molar-refractivity contribution < 1.29 is 14.3 Å². The van der Waals surface area contributed by atoms with Crippen LogP contribution in [0.5, 0.6) is 0 Å². The van der Waals surface area contributed by atoms with Gasteiger partial charge in [-0.25, -0.2) is 9.50 Å². The smallest absolute Gasteiger partial charge is 0.317 e. The maximum Gasteiger partial charge on any atom is 0.317 e. The average Bonchev–Trinajstić information content (AvgIpc) is 3.44. The van der Waals surface area contributed by atoms with Crippen molar-refractivity contribution in [2.75, 3.05) is 38.1 Å². The molecule has 1 aliphatic rings. The number of carbonyl (C=O) groups is 1. The van der Waals surface area contributed by atoms with Crippen LogP contribution in [-0.2, 0) is 19.7 Å². The number of aromatic nitrogens is 3. The average molecular weight is 556 g/mol. The summed E-state index contributed by atoms with van der Waals surface area (Å²) in [4.78, 5) is 19.5. The summed E-state index contributed by atoms with van der Waals surface area (Å²) in [6, 6.07) is 24.9. The highest BCUT2D eigenvalue weighted by molar-refractivity contribution is 5.81. The van der Waals surface area contributed by atoms with Crippen molar-refractivity contribution in [3.05, 3.63) is 95.8 Å². The Morgan fingerprint density at radius 3 is 2.29 bits per heavy atom. The van der Waals surface area contributed by atoms with Crippen LogP contribution in [0.1, 0.15) is 63.0 Å². The van der Waals surface area contributed by atoms with Gasteiger partial charge in [-0.3, -0.25) is 4.79 Å². The molecule has 1 saturated heterocycles. The molecule has 2 aromatic heterocycles. The minimum atomic E-state index is -0.834. The summed E-state index contributed by atoms with van der Waals surface area (Å²) in [6.07, 6.45) is 5.11. The highest BCUT2D eigenvalue weighted by atomic mass is 16.5. The molecule has 0 spiro atoms. The van der Waals surface area contributed by atoms with Gasteiger partial charge in [0, 0.05) is 19.6 Å². The first-order valence-electron chi connectivity index (χ1n) is 14.7. The zero-order valence-corrected chi connectivity index (χ0v) is 24.3. The van der Waals surface area contributed by atoms with Gasteiger partial charge in [0.25, 0.3) is 0 Å². The molecule has 0 atom stereocenters. The number of hydrogen-bond donors (Lipinski definition) is 1. The molecule has 5 rings (SSSR count). The number of anilines is 1. The van der Waals surface area contributed by atoms with E-state index in [1.165, 1.54) is 11.1 Å². The molecule has 0 radical (unpaired) electrons. The van der Waals surface area contributed by atoms with Crippen LogP contribution < -0.4 is 5.32 Å². The third kappa shape index (κ3) is 7.13. The van der Waals surface area contributed by atoms with E-state index in [0.717, 1.165) is 51.3 Å². The van der Waals surface area contributed by atoms with E-state index in [1.54, 1.807) is 4.52 Å². The molecule has 3 heterocycles. The van der Waals surface area contributed by atoms with E-state index in [-0.39, 0.29) is 18.2 Å². The van der Waals surface area contributed by atoms with Gasteiger partial charge < -0.3 is 19.7 Å². The molecule has 1 fully saturated rings. The third-order valence-corrected chi connectivity index (χ3v) is 7.77. The topological polar surface area (TPSA) is 81.0 Å². The maximum atomic E-state index is 12.4. The zero-order chi connectivity index (χ0) is 28.7. The quantitative estimate of drug-likeness (QED) is 0.179. The second-order valence-electron chi connectivity index (χ2n) is 11.2. The summed E-state index contributed by atoms with van der Waals surface area (Å²) < 4.78 is 13.6. The molecule has 0 unspecified atom stereocenters. The molecule has 4 aromatic rings. The van der Waals surface area contributed by atoms with Crippen LogP contribution in [0.15, 0.2) is 79.0 Å². The second-order valence-corrected chi connectivity index (χ2v) is 11.2. The van der Waals surface area contributed by atoms with Crippen molar-refractivity contribution in [2.45, 2.75) is 57.7 Å². The highest BCUT2D eigenvalue weighted by Gasteiger charge is 2.34. The Labute approximate surface area is 242 Å². The van der Waals surface area contributed by atoms with Crippen LogP contribution >= 0.6 is 0 Å². The fraction of sp³-hybridized carbons (Fsp3) is 0.424. The zero-order valence-electron chi connectivity index (χ0n) is 24.3. The van der Waals surface area contributed by atoms with E-state index in [1.807, 2.05) is 39.1 Å². The number of rotatable bonds is 12. The Hall–Kier alpha value is -3.75. The van der Waals surface area contributed by atoms with Gasteiger partial charge in [0.1, 0.15) is 17.3 Å². The molecule has 1 N–H and O–H groups in total. The van der Waals surface area contributed by atoms with Crippen molar-refractivity contribution in [2.24, 2.45) is 0 Å². The van der Waals surface area contributed by atoms with Crippen LogP contribution in [0.3, 0.4) is 0 Å². The third-order valence-electron chi connectivity index (χ3n) is 7.77. The van der Waals surface area contributed by atoms with Crippen LogP contribution in [0.4, 0.5) is 5.82 Å². The number of ether oxygens (including phenoxy) is 2. The van der Waals surface area contributed by atoms with Gasteiger partial charge in [0.15, 0.2) is 5.65 Å². The van der Waals surface area contributed by atoms with Gasteiger partial charge >= 0.3 is 5.97 Å². The van der Waals surface area contributed by atoms with Crippen molar-refractivity contribution >= 4 is 17.4 Å². The van der Waals surface area contributed by atoms with Crippen LogP contribution in [0.2, 0.25) is 0 Å². The molecule has 2 aromatic carbocycles. The molecule has 0 saturated carbocycles. The minimum absolute atomic E-state index is 0.0363. The Morgan fingerprint density at radius 1 is 1.00 bits per heavy atom. The molecule has 1 aliphatic heterocycles. The number of piperidine rings is 1. The first-order valence-corrected chi connectivity index (χ1v) is 14.7. The fourth-order valence-corrected chi connectivity index (χ4v) is 5.28. The predicted octanol–water partition coefficient (Wildman–Crippen LogP) is 5.64. The standard InChI is InChI=1S/C33H41N5O3/c1-4-40-32(39)33(2,3)28-24-38-30(35-28)17-16-29(36-38)34-20-11-21-37-22-18-27(19-23-37)41-31(25-12-7-5-8-13-25)26-14-9-6-10-15-26/h5-10,12-17,24,27,31H,4,11,18-23H2,1-3H3,(H,34,36). The highest BCUT2D eigenvalue weighted by Crippen LogP contribution is 2.30. The summed E-state index contributed by atoms with van der Waals surface area (Å²) in [7, 11) is 0. The number of esters is 1. The van der Waals surface area contributed by atoms with E-state index in [9.17, 15) is 4.79 Å². The number of benzene rings is 2. The molecule has 8 heteroatoms. The van der Waals surface area contributed by atoms with Crippen LogP contribution in [0.25, 0.3) is 5.65 Å². The predicted molar refractivity (Wildman–Crippen MR) is 161 cm³/mol. The molecule has 0 aliphatic carbocycles. The van der Waals surface area contributed by atoms with Gasteiger partial charge in [0.05, 0.1) is 24.6 Å². The lowest BCUT2D eigenvalue weighted by Gasteiger charge is -2.34. The van der Waals surface area contributed by atoms with E-state index < -0.39 is 5.41 Å². The Morgan fingerprint density at radius 2 is 1.66 bits per heavy atom. The van der Waals surface area contributed by atoms with Crippen molar-refractivity contribution in [1.29, 1.82) is 0 Å². The molecule has 41 heavy (non-hydrogen) atoms. The number of fused-ring (bicyclic) bond motifs is 1. The van der Waals surface area contributed by atoms with Crippen LogP contribution in [-0.4, -0.2) is 64.4 Å². The molecule has 216 valence electrons. The van der Waals surface area contributed by atoms with Gasteiger partial charge in [-0.2, -0.15) is 0 Å². The number of likely N-dealkylation sites (tertiary alicyclic amines) is 1. The monoisotopic (exact) mass is 555 g/mol. The molecular formula is C33H41N5O3. The lowest BCUT2D eigenvalue weighted by atomic mass is 9.90. The maximum absolute atomic E-state index is 12.4. The largest absolute Gasteiger partial charge is 0.465 e. The molecule has 8 nitrogen and oxygen atoms in total. The van der Waals surface area contributed by atoms with Crippen molar-refractivity contribution in [1.82, 2.24) is 19.5 Å². The SMILES string of the molecule is CCOC(=O)C(C)(C)c1cn2nc(NCCCN3CCC(OC(c4ccccc4)c4ccccc4)CC3)ccc2n1. The number of nitrogens with one attached hydrogen (secondary N) is 1. The van der Waals surface area contributed by atoms with E-state index in [4.69, 9.17) is 9.47 Å². The summed E-state index contributed by atoms with van der Waals surface area (Å²) in [6.45, 7) is 9.75. The first-order chi connectivity index (χ1) is 19.9. The number of carbonyl (C=O) groups excluding carboxylic acids is 1. The van der Waals surface area contributed by atoms with Gasteiger partial charge in [-0.05, 0) is 69.8 Å². The van der Waals surface area contributed by atoms with Crippen molar-refractivity contribution in [3.8, 4) is 0 Å². The van der Waals surface area contributed by atoms with E-state index in [2.05, 4.69) is 81.0 Å². The Kier molecular flexibility index (Phi) is 9.31. The first kappa shape index (κ1) is 28.8. The summed E-state index contributed by atoms with van der Waals surface area (Å²) in [5.41, 5.74) is 2.92. The normalized spacial score (nSPS) is 14.9. The number of imidazole rings is 1. The summed E-state index contributed by atoms with van der Waals surface area (Å²) in [5.74, 6) is 0.500. The van der Waals surface area contributed by atoms with Crippen molar-refractivity contribution in [3.63, 3.8) is 0 Å². The van der Waals surface area contributed by atoms with Gasteiger partial charge in [0.2, 0.25) is 0 Å². The minimum Gasteiger partial charge on any atom is -0.465 e. The Balaban J connectivity index is 1.08. The Bertz CT molecular complexity index is 1360. The van der Waals surface area contributed by atoms with Crippen LogP contribution in [0, 0.1) is 0 Å². The fourth-order valence-electron chi connectivity index (χ4n) is 5.28. The summed E-state index contributed by atoms with van der Waals surface area (Å²) in [5, 5.41) is 8.08. The van der Waals surface area contributed by atoms with Gasteiger partial charge in [-0.15, -0.1) is 5.10 Å². The van der Waals surface area contributed by atoms with E-state index >= 15 is 0 Å². The summed E-state index contributed by atoms with van der Waals surface area (Å²) >= 11 is 0. The molecular weight excluding hydrogens is 514 g/mol. The number of hydrogen-bond acceptors (Lipinski definition) is 7. The molecule has 0 amide bonds. The van der Waals surface area contributed by atoms with Gasteiger partial charge in [-0.1, -0.05) is 60.7 Å². The lowest BCUT2D eigenvalue weighted by Crippen LogP contribution is -2.38. The lowest BCUT2D eigenvalue weighted by molar-refractivity contribution is -0.148. The molecule has 0 bridgehead atoms. The van der Waals surface area contributed by atoms with E-state index in [0.29, 0.717) is 17.9 Å². The second kappa shape index (κ2) is 13.3.